The van der Waals surface area contributed by atoms with Crippen molar-refractivity contribution in [2.45, 2.75) is 32.4 Å². The summed E-state index contributed by atoms with van der Waals surface area (Å²) < 4.78 is 12.9. The van der Waals surface area contributed by atoms with Crippen LogP contribution < -0.4 is 5.32 Å². The van der Waals surface area contributed by atoms with Crippen LogP contribution in [0.4, 0.5) is 0 Å². The molecule has 0 spiro atoms. The van der Waals surface area contributed by atoms with Crippen LogP contribution in [0.5, 0.6) is 0 Å². The number of nitrogens with zero attached hydrogens (tertiary/aromatic N) is 3. The highest BCUT2D eigenvalue weighted by Crippen LogP contribution is 2.21. The zero-order chi connectivity index (χ0) is 17.7. The van der Waals surface area contributed by atoms with Gasteiger partial charge in [0.05, 0.1) is 32.4 Å². The second-order valence-corrected chi connectivity index (χ2v) is 6.21. The summed E-state index contributed by atoms with van der Waals surface area (Å²) in [5, 5.41) is 7.05. The van der Waals surface area contributed by atoms with Crippen LogP contribution in [0.15, 0.2) is 6.20 Å². The first kappa shape index (κ1) is 18.4. The van der Waals surface area contributed by atoms with Crippen LogP contribution in [0.1, 0.15) is 24.6 Å². The molecule has 1 aliphatic heterocycles. The van der Waals surface area contributed by atoms with Crippen molar-refractivity contribution in [2.24, 2.45) is 7.05 Å². The predicted octanol–water partition coefficient (Wildman–Crippen LogP) is -0.00128. The Morgan fingerprint density at radius 2 is 2.25 bits per heavy atom. The fourth-order valence-corrected chi connectivity index (χ4v) is 2.74. The van der Waals surface area contributed by atoms with Gasteiger partial charge < -0.3 is 19.7 Å². The Bertz CT molecular complexity index is 601. The first-order valence-corrected chi connectivity index (χ1v) is 7.99. The van der Waals surface area contributed by atoms with Crippen molar-refractivity contribution in [1.29, 1.82) is 0 Å². The highest BCUT2D eigenvalue weighted by molar-refractivity contribution is 5.77. The molecule has 1 N–H and O–H groups in total. The maximum Gasteiger partial charge on any atom is 0.223 e. The van der Waals surface area contributed by atoms with Gasteiger partial charge in [-0.25, -0.2) is 0 Å². The molecule has 0 aromatic carbocycles. The molecule has 0 saturated carbocycles. The largest absolute Gasteiger partial charge is 0.377 e. The molecule has 2 rings (SSSR count). The minimum Gasteiger partial charge on any atom is -0.377 e. The Labute approximate surface area is 142 Å². The second kappa shape index (κ2) is 7.76. The first-order chi connectivity index (χ1) is 11.4. The van der Waals surface area contributed by atoms with Gasteiger partial charge in [0.1, 0.15) is 5.60 Å². The second-order valence-electron chi connectivity index (χ2n) is 6.21. The maximum absolute atomic E-state index is 12.4. The maximum atomic E-state index is 12.4. The Morgan fingerprint density at radius 1 is 1.50 bits per heavy atom. The summed E-state index contributed by atoms with van der Waals surface area (Å²) in [6.45, 7) is 5.46. The lowest BCUT2D eigenvalue weighted by atomic mass is 9.99. The number of hydrogen-bond donors (Lipinski definition) is 1. The molecule has 1 aliphatic rings. The van der Waals surface area contributed by atoms with E-state index in [9.17, 15) is 9.59 Å². The van der Waals surface area contributed by atoms with Crippen LogP contribution in [0.2, 0.25) is 0 Å². The van der Waals surface area contributed by atoms with Crippen LogP contribution in [-0.2, 0) is 32.7 Å². The van der Waals surface area contributed by atoms with Crippen LogP contribution in [-0.4, -0.2) is 65.5 Å². The fourth-order valence-electron chi connectivity index (χ4n) is 2.74. The summed E-state index contributed by atoms with van der Waals surface area (Å²) in [7, 11) is 3.41. The molecular formula is C16H26N4O4. The van der Waals surface area contributed by atoms with Crippen LogP contribution in [0.3, 0.4) is 0 Å². The van der Waals surface area contributed by atoms with Gasteiger partial charge in [-0.15, -0.1) is 0 Å². The minimum absolute atomic E-state index is 0.0479. The number of carbonyl (C=O) groups excluding carboxylic acids is 2. The monoisotopic (exact) mass is 338 g/mol. The summed E-state index contributed by atoms with van der Waals surface area (Å²) >= 11 is 0. The van der Waals surface area contributed by atoms with E-state index in [4.69, 9.17) is 9.47 Å². The highest BCUT2D eigenvalue weighted by atomic mass is 16.5. The molecule has 1 saturated heterocycles. The van der Waals surface area contributed by atoms with E-state index in [2.05, 4.69) is 10.4 Å². The summed E-state index contributed by atoms with van der Waals surface area (Å²) in [4.78, 5) is 25.7. The molecule has 1 unspecified atom stereocenters. The smallest absolute Gasteiger partial charge is 0.223 e. The van der Waals surface area contributed by atoms with E-state index in [1.807, 2.05) is 14.0 Å². The van der Waals surface area contributed by atoms with E-state index in [0.717, 1.165) is 11.3 Å². The zero-order valence-corrected chi connectivity index (χ0v) is 14.8. The van der Waals surface area contributed by atoms with E-state index >= 15 is 0 Å². The normalized spacial score (nSPS) is 21.4. The molecule has 0 bridgehead atoms. The van der Waals surface area contributed by atoms with E-state index in [-0.39, 0.29) is 24.8 Å². The lowest BCUT2D eigenvalue weighted by Crippen LogP contribution is -2.50. The average Bonchev–Trinajstić information content (AvgIpc) is 2.76. The lowest BCUT2D eigenvalue weighted by Gasteiger charge is -2.33. The van der Waals surface area contributed by atoms with Gasteiger partial charge in [-0.1, -0.05) is 0 Å². The quantitative estimate of drug-likeness (QED) is 0.817. The number of hydrogen-bond acceptors (Lipinski definition) is 5. The predicted molar refractivity (Wildman–Crippen MR) is 87.2 cm³/mol. The number of ether oxygens (including phenoxy) is 2. The van der Waals surface area contributed by atoms with Gasteiger partial charge in [0.2, 0.25) is 11.8 Å². The van der Waals surface area contributed by atoms with E-state index in [0.29, 0.717) is 26.2 Å². The summed E-state index contributed by atoms with van der Waals surface area (Å²) in [6, 6.07) is 0. The van der Waals surface area contributed by atoms with Crippen LogP contribution in [0, 0.1) is 6.92 Å². The van der Waals surface area contributed by atoms with E-state index in [1.54, 1.807) is 22.9 Å². The van der Waals surface area contributed by atoms with Crippen molar-refractivity contribution in [3.8, 4) is 0 Å². The molecule has 24 heavy (non-hydrogen) atoms. The molecule has 1 atom stereocenters. The van der Waals surface area contributed by atoms with Gasteiger partial charge in [-0.05, 0) is 6.92 Å². The lowest BCUT2D eigenvalue weighted by molar-refractivity contribution is -0.139. The molecule has 8 nitrogen and oxygen atoms in total. The van der Waals surface area contributed by atoms with Gasteiger partial charge in [0.25, 0.3) is 0 Å². The fraction of sp³-hybridized carbons (Fsp3) is 0.688. The Kier molecular flexibility index (Phi) is 5.95. The standard InChI is InChI=1S/C16H26N4O4/c1-12-14(9-18-19(12)3)8-17-15(22)7-16(23-4)10-20(13(2)21)5-6-24-11-16/h9H,5-8,10-11H2,1-4H3,(H,17,22). The van der Waals surface area contributed by atoms with E-state index in [1.165, 1.54) is 6.92 Å². The van der Waals surface area contributed by atoms with Gasteiger partial charge >= 0.3 is 0 Å². The van der Waals surface area contributed by atoms with E-state index < -0.39 is 5.60 Å². The molecule has 2 heterocycles. The number of carbonyl (C=O) groups is 2. The van der Waals surface area contributed by atoms with Crippen molar-refractivity contribution < 1.29 is 19.1 Å². The molecule has 0 radical (unpaired) electrons. The van der Waals surface area contributed by atoms with Gasteiger partial charge in [0, 0.05) is 45.4 Å². The van der Waals surface area contributed by atoms with Crippen molar-refractivity contribution in [3.63, 3.8) is 0 Å². The average molecular weight is 338 g/mol. The third-order valence-corrected chi connectivity index (χ3v) is 4.52. The number of methoxy groups -OCH3 is 1. The molecular weight excluding hydrogens is 312 g/mol. The van der Waals surface area contributed by atoms with Gasteiger partial charge in [-0.3, -0.25) is 14.3 Å². The van der Waals surface area contributed by atoms with Crippen LogP contribution >= 0.6 is 0 Å². The number of aryl methyl sites for hydroxylation is 1. The zero-order valence-electron chi connectivity index (χ0n) is 14.8. The summed E-state index contributed by atoms with van der Waals surface area (Å²) in [6.07, 6.45) is 1.88. The van der Waals surface area contributed by atoms with Crippen molar-refractivity contribution in [1.82, 2.24) is 20.0 Å². The Balaban J connectivity index is 1.98. The third kappa shape index (κ3) is 4.33. The Morgan fingerprint density at radius 3 is 2.83 bits per heavy atom. The third-order valence-electron chi connectivity index (χ3n) is 4.52. The number of nitrogens with one attached hydrogen (secondary N) is 1. The molecule has 1 aromatic heterocycles. The Hall–Kier alpha value is -1.93. The van der Waals surface area contributed by atoms with Crippen molar-refractivity contribution >= 4 is 11.8 Å². The van der Waals surface area contributed by atoms with Crippen molar-refractivity contribution in [3.05, 3.63) is 17.5 Å². The number of rotatable bonds is 5. The van der Waals surface area contributed by atoms with Crippen LogP contribution in [0.25, 0.3) is 0 Å². The topological polar surface area (TPSA) is 85.7 Å². The summed E-state index contributed by atoms with van der Waals surface area (Å²) in [5.41, 5.74) is 1.16. The molecule has 1 fully saturated rings. The molecule has 134 valence electrons. The summed E-state index contributed by atoms with van der Waals surface area (Å²) in [5.74, 6) is -0.192. The number of aromatic nitrogens is 2. The van der Waals surface area contributed by atoms with Gasteiger partial charge in [-0.2, -0.15) is 5.10 Å². The molecule has 2 amide bonds. The highest BCUT2D eigenvalue weighted by Gasteiger charge is 2.38. The van der Waals surface area contributed by atoms with Crippen molar-refractivity contribution in [2.75, 3.05) is 33.4 Å². The molecule has 8 heteroatoms. The van der Waals surface area contributed by atoms with Gasteiger partial charge in [0.15, 0.2) is 0 Å². The number of amides is 2. The first-order valence-electron chi connectivity index (χ1n) is 7.99. The molecule has 1 aromatic rings. The SMILES string of the molecule is COC1(CC(=O)NCc2cnn(C)c2C)COCCN(C(C)=O)C1. The minimum atomic E-state index is -0.823. The molecule has 0 aliphatic carbocycles.